The Morgan fingerprint density at radius 3 is 2.91 bits per heavy atom. The molecule has 0 bridgehead atoms. The van der Waals surface area contributed by atoms with Gasteiger partial charge >= 0.3 is 0 Å². The maximum atomic E-state index is 14.4. The average molecular weight is 468 g/mol. The Bertz CT molecular complexity index is 1350. The summed E-state index contributed by atoms with van der Waals surface area (Å²) in [5.74, 6) is -0.653. The number of halogens is 2. The van der Waals surface area contributed by atoms with Gasteiger partial charge in [-0.3, -0.25) is 4.79 Å². The van der Waals surface area contributed by atoms with E-state index < -0.39 is 11.6 Å². The summed E-state index contributed by atoms with van der Waals surface area (Å²) in [5.41, 5.74) is 2.43. The average Bonchev–Trinajstić information content (AvgIpc) is 3.41. The van der Waals surface area contributed by atoms with Crippen LogP contribution in [-0.2, 0) is 6.42 Å². The first-order chi connectivity index (χ1) is 16.0. The molecule has 1 aliphatic heterocycles. The molecular weight excluding hydrogens is 450 g/mol. The Balaban J connectivity index is 1.53. The number of hydrogen-bond acceptors (Lipinski definition) is 6. The van der Waals surface area contributed by atoms with Gasteiger partial charge in [-0.1, -0.05) is 0 Å². The molecule has 2 N–H and O–H groups in total. The number of aliphatic hydroxyl groups excluding tert-OH is 1. The molecular formula is C23H18F2N4O3S. The number of aliphatic hydroxyl groups is 1. The minimum absolute atomic E-state index is 0.106. The monoisotopic (exact) mass is 468 g/mol. The van der Waals surface area contributed by atoms with Crippen LogP contribution in [0.4, 0.5) is 8.78 Å². The van der Waals surface area contributed by atoms with E-state index in [1.165, 1.54) is 34.5 Å². The molecule has 168 valence electrons. The topological polar surface area (TPSA) is 89.3 Å². The second kappa shape index (κ2) is 8.72. The number of hydrogen-bond donors (Lipinski definition) is 2. The highest BCUT2D eigenvalue weighted by atomic mass is 32.1. The van der Waals surface area contributed by atoms with Crippen molar-refractivity contribution in [2.45, 2.75) is 6.42 Å². The quantitative estimate of drug-likeness (QED) is 0.467. The predicted octanol–water partition coefficient (Wildman–Crippen LogP) is 3.60. The number of nitrogens with zero attached hydrogens (tertiary/aromatic N) is 3. The first-order valence-corrected chi connectivity index (χ1v) is 11.0. The Kier molecular flexibility index (Phi) is 5.61. The van der Waals surface area contributed by atoms with Crippen LogP contribution in [0.1, 0.15) is 15.9 Å². The maximum Gasteiger partial charge on any atom is 0.251 e. The summed E-state index contributed by atoms with van der Waals surface area (Å²) >= 11 is 1.46. The molecule has 0 saturated heterocycles. The van der Waals surface area contributed by atoms with Crippen molar-refractivity contribution >= 4 is 17.2 Å². The van der Waals surface area contributed by atoms with Crippen molar-refractivity contribution in [2.75, 3.05) is 19.8 Å². The SMILES string of the molecule is O=C(NCCO)c1ccc2c(c1)OCCc1cc(-c3ncnn3-c3ccc(F)cc3F)sc1-2. The van der Waals surface area contributed by atoms with E-state index in [1.807, 2.05) is 12.1 Å². The van der Waals surface area contributed by atoms with Gasteiger partial charge in [-0.15, -0.1) is 11.3 Å². The third-order valence-electron chi connectivity index (χ3n) is 5.23. The van der Waals surface area contributed by atoms with E-state index in [2.05, 4.69) is 15.4 Å². The van der Waals surface area contributed by atoms with Crippen molar-refractivity contribution in [3.8, 4) is 32.6 Å². The lowest BCUT2D eigenvalue weighted by Crippen LogP contribution is -2.26. The van der Waals surface area contributed by atoms with Gasteiger partial charge in [0.15, 0.2) is 11.6 Å². The van der Waals surface area contributed by atoms with Crippen molar-refractivity contribution < 1.29 is 23.4 Å². The largest absolute Gasteiger partial charge is 0.493 e. The van der Waals surface area contributed by atoms with Gasteiger partial charge in [0, 0.05) is 35.0 Å². The van der Waals surface area contributed by atoms with Crippen LogP contribution in [0.15, 0.2) is 48.8 Å². The fraction of sp³-hybridized carbons (Fsp3) is 0.174. The number of carbonyl (C=O) groups is 1. The standard InChI is InChI=1S/C23H18F2N4O3S/c24-15-2-4-18(17(25)11-15)29-22(27-12-28-29)20-10-13-5-8-32-19-9-14(23(31)26-6-7-30)1-3-16(19)21(13)33-20/h1-4,9-12,30H,5-8H2,(H,26,31). The highest BCUT2D eigenvalue weighted by Gasteiger charge is 2.23. The van der Waals surface area contributed by atoms with Crippen LogP contribution in [-0.4, -0.2) is 45.5 Å². The van der Waals surface area contributed by atoms with Crippen LogP contribution < -0.4 is 10.1 Å². The highest BCUT2D eigenvalue weighted by molar-refractivity contribution is 7.19. The van der Waals surface area contributed by atoms with Gasteiger partial charge in [-0.2, -0.15) is 5.10 Å². The third kappa shape index (κ3) is 3.98. The molecule has 1 amide bonds. The molecule has 33 heavy (non-hydrogen) atoms. The smallest absolute Gasteiger partial charge is 0.251 e. The number of carbonyl (C=O) groups excluding carboxylic acids is 1. The van der Waals surface area contributed by atoms with Crippen LogP contribution in [0, 0.1) is 11.6 Å². The molecule has 0 unspecified atom stereocenters. The fourth-order valence-electron chi connectivity index (χ4n) is 3.70. The highest BCUT2D eigenvalue weighted by Crippen LogP contribution is 2.44. The molecule has 7 nitrogen and oxygen atoms in total. The van der Waals surface area contributed by atoms with E-state index in [1.54, 1.807) is 12.1 Å². The van der Waals surface area contributed by atoms with Gasteiger partial charge in [-0.25, -0.2) is 18.4 Å². The number of ether oxygens (including phenoxy) is 1. The first kappa shape index (κ1) is 21.2. The lowest BCUT2D eigenvalue weighted by molar-refractivity contribution is 0.0944. The van der Waals surface area contributed by atoms with Crippen LogP contribution in [0.5, 0.6) is 5.75 Å². The second-order valence-corrected chi connectivity index (χ2v) is 8.40. The van der Waals surface area contributed by atoms with Crippen molar-refractivity contribution in [1.29, 1.82) is 0 Å². The predicted molar refractivity (Wildman–Crippen MR) is 119 cm³/mol. The van der Waals surface area contributed by atoms with E-state index in [0.717, 1.165) is 26.9 Å². The van der Waals surface area contributed by atoms with E-state index >= 15 is 0 Å². The lowest BCUT2D eigenvalue weighted by atomic mass is 10.0. The van der Waals surface area contributed by atoms with Crippen LogP contribution in [0.25, 0.3) is 26.8 Å². The number of aromatic nitrogens is 3. The van der Waals surface area contributed by atoms with Gasteiger partial charge in [0.1, 0.15) is 23.6 Å². The van der Waals surface area contributed by atoms with Crippen LogP contribution in [0.3, 0.4) is 0 Å². The molecule has 1 aliphatic rings. The van der Waals surface area contributed by atoms with E-state index in [-0.39, 0.29) is 24.7 Å². The number of fused-ring (bicyclic) bond motifs is 3. The summed E-state index contributed by atoms with van der Waals surface area (Å²) < 4.78 is 35.0. The van der Waals surface area contributed by atoms with Gasteiger partial charge in [0.25, 0.3) is 5.91 Å². The van der Waals surface area contributed by atoms with Gasteiger partial charge in [0.2, 0.25) is 0 Å². The Hall–Kier alpha value is -3.63. The molecule has 10 heteroatoms. The maximum absolute atomic E-state index is 14.4. The van der Waals surface area contributed by atoms with E-state index in [9.17, 15) is 13.6 Å². The van der Waals surface area contributed by atoms with Gasteiger partial charge in [0.05, 0.1) is 18.1 Å². The van der Waals surface area contributed by atoms with E-state index in [4.69, 9.17) is 9.84 Å². The molecule has 0 spiro atoms. The number of rotatable bonds is 5. The van der Waals surface area contributed by atoms with E-state index in [0.29, 0.717) is 30.2 Å². The fourth-order valence-corrected chi connectivity index (χ4v) is 4.93. The molecule has 3 heterocycles. The van der Waals surface area contributed by atoms with Gasteiger partial charge in [-0.05, 0) is 42.0 Å². The zero-order valence-corrected chi connectivity index (χ0v) is 18.0. The van der Waals surface area contributed by atoms with Crippen molar-refractivity contribution in [2.24, 2.45) is 0 Å². The lowest BCUT2D eigenvalue weighted by Gasteiger charge is -2.10. The zero-order valence-electron chi connectivity index (χ0n) is 17.2. The summed E-state index contributed by atoms with van der Waals surface area (Å²) in [7, 11) is 0. The summed E-state index contributed by atoms with van der Waals surface area (Å²) in [5, 5.41) is 15.7. The normalized spacial score (nSPS) is 12.5. The molecule has 0 radical (unpaired) electrons. The third-order valence-corrected chi connectivity index (χ3v) is 6.44. The molecule has 0 fully saturated rings. The molecule has 0 saturated carbocycles. The first-order valence-electron chi connectivity index (χ1n) is 10.2. The summed E-state index contributed by atoms with van der Waals surface area (Å²) in [6, 6.07) is 10.5. The molecule has 0 atom stereocenters. The number of nitrogens with one attached hydrogen (secondary N) is 1. The second-order valence-electron chi connectivity index (χ2n) is 7.35. The molecule has 4 aromatic rings. The molecule has 0 aliphatic carbocycles. The number of thiophene rings is 1. The summed E-state index contributed by atoms with van der Waals surface area (Å²) in [6.07, 6.45) is 1.98. The van der Waals surface area contributed by atoms with Crippen molar-refractivity contribution in [3.63, 3.8) is 0 Å². The van der Waals surface area contributed by atoms with Gasteiger partial charge < -0.3 is 15.2 Å². The minimum atomic E-state index is -0.731. The Labute approximate surface area is 191 Å². The van der Waals surface area contributed by atoms with Crippen LogP contribution in [0.2, 0.25) is 0 Å². The Morgan fingerprint density at radius 2 is 2.09 bits per heavy atom. The van der Waals surface area contributed by atoms with Crippen LogP contribution >= 0.6 is 11.3 Å². The molecule has 2 aromatic heterocycles. The molecule has 2 aromatic carbocycles. The minimum Gasteiger partial charge on any atom is -0.493 e. The van der Waals surface area contributed by atoms with Crippen molar-refractivity contribution in [1.82, 2.24) is 20.1 Å². The zero-order chi connectivity index (χ0) is 22.9. The Morgan fingerprint density at radius 1 is 1.21 bits per heavy atom. The van der Waals surface area contributed by atoms with Crippen molar-refractivity contribution in [3.05, 3.63) is 71.6 Å². The molecule has 5 rings (SSSR count). The number of benzene rings is 2. The summed E-state index contributed by atoms with van der Waals surface area (Å²) in [4.78, 5) is 18.3. The summed E-state index contributed by atoms with van der Waals surface area (Å²) in [6.45, 7) is 0.461. The number of amides is 1.